The van der Waals surface area contributed by atoms with E-state index in [2.05, 4.69) is 86.6 Å². The fourth-order valence-electron chi connectivity index (χ4n) is 8.29. The summed E-state index contributed by atoms with van der Waals surface area (Å²) in [5.74, 6) is 0. The van der Waals surface area contributed by atoms with Crippen molar-refractivity contribution in [1.29, 1.82) is 0 Å². The third kappa shape index (κ3) is 5.02. The zero-order valence-electron chi connectivity index (χ0n) is 34.4. The van der Waals surface area contributed by atoms with E-state index in [1.54, 1.807) is 4.90 Å². The molecule has 2 heteroatoms. The van der Waals surface area contributed by atoms with E-state index in [0.717, 1.165) is 55.3 Å². The van der Waals surface area contributed by atoms with E-state index in [4.69, 9.17) is 11.3 Å². The molecule has 9 aromatic rings. The number of hydrogen-bond acceptors (Lipinski definition) is 2. The van der Waals surface area contributed by atoms with Crippen molar-refractivity contribution in [2.24, 2.45) is 0 Å². The molecular weight excluding hydrogens is 643 g/mol. The van der Waals surface area contributed by atoms with Gasteiger partial charge in [0.05, 0.1) is 6.85 Å². The molecule has 0 unspecified atom stereocenters. The van der Waals surface area contributed by atoms with Crippen LogP contribution in [0.2, 0.25) is 0 Å². The van der Waals surface area contributed by atoms with Gasteiger partial charge in [-0.2, -0.15) is 0 Å². The zero-order chi connectivity index (χ0) is 39.9. The minimum Gasteiger partial charge on any atom is -0.455 e. The standard InChI is InChI=1S/C51H37NO/c1-51(2)46-24-13-12-21-42(46)44-33-45-43-23-14-22-41(36-17-8-4-9-18-36)49(43)53-50(45)47(48(44)51)37-27-31-40(32-28-37)52(38-19-10-5-11-20-38)39-29-25-35(26-30-39)34-15-6-3-7-16-34/h3-33H,1-2H3/i5D,10D,11D,19D,20D. The average Bonchev–Trinajstić information content (AvgIpc) is 3.75. The highest BCUT2D eigenvalue weighted by Crippen LogP contribution is 2.56. The molecule has 0 spiro atoms. The van der Waals surface area contributed by atoms with Gasteiger partial charge in [0.25, 0.3) is 0 Å². The lowest BCUT2D eigenvalue weighted by atomic mass is 9.78. The van der Waals surface area contributed by atoms with Crippen molar-refractivity contribution >= 4 is 39.0 Å². The smallest absolute Gasteiger partial charge is 0.143 e. The Bertz CT molecular complexity index is 3030. The summed E-state index contributed by atoms with van der Waals surface area (Å²) < 4.78 is 50.5. The molecule has 0 radical (unpaired) electrons. The van der Waals surface area contributed by atoms with Crippen molar-refractivity contribution in [2.45, 2.75) is 19.3 Å². The molecule has 2 nitrogen and oxygen atoms in total. The molecule has 53 heavy (non-hydrogen) atoms. The van der Waals surface area contributed by atoms with E-state index in [1.165, 1.54) is 22.3 Å². The Morgan fingerprint density at radius 3 is 1.75 bits per heavy atom. The second kappa shape index (κ2) is 12.3. The van der Waals surface area contributed by atoms with Crippen LogP contribution >= 0.6 is 0 Å². The molecule has 0 N–H and O–H groups in total. The first kappa shape index (κ1) is 26.2. The van der Waals surface area contributed by atoms with Crippen LogP contribution < -0.4 is 4.90 Å². The molecule has 0 fully saturated rings. The summed E-state index contributed by atoms with van der Waals surface area (Å²) in [4.78, 5) is 1.76. The normalized spacial score (nSPS) is 14.2. The van der Waals surface area contributed by atoms with Crippen LogP contribution in [0.4, 0.5) is 17.1 Å². The largest absolute Gasteiger partial charge is 0.455 e. The first-order valence-corrected chi connectivity index (χ1v) is 17.9. The van der Waals surface area contributed by atoms with Crippen LogP contribution in [0.1, 0.15) is 31.8 Å². The summed E-state index contributed by atoms with van der Waals surface area (Å²) in [6.07, 6.45) is 0. The Hall–Kier alpha value is -6.64. The molecule has 1 aromatic heterocycles. The number of rotatable bonds is 6. The first-order valence-electron chi connectivity index (χ1n) is 20.4. The molecule has 8 aromatic carbocycles. The van der Waals surface area contributed by atoms with E-state index in [9.17, 15) is 0 Å². The molecule has 0 saturated heterocycles. The van der Waals surface area contributed by atoms with E-state index in [0.29, 0.717) is 11.4 Å². The van der Waals surface area contributed by atoms with Crippen molar-refractivity contribution in [3.05, 3.63) is 199 Å². The Balaban J connectivity index is 1.20. The summed E-state index contributed by atoms with van der Waals surface area (Å²) in [5.41, 5.74) is 13.7. The van der Waals surface area contributed by atoms with E-state index >= 15 is 0 Å². The van der Waals surface area contributed by atoms with Crippen molar-refractivity contribution < 1.29 is 11.3 Å². The van der Waals surface area contributed by atoms with Gasteiger partial charge in [0.15, 0.2) is 0 Å². The molecule has 1 aliphatic rings. The Labute approximate surface area is 317 Å². The predicted octanol–water partition coefficient (Wildman–Crippen LogP) is 14.4. The molecule has 0 bridgehead atoms. The topological polar surface area (TPSA) is 16.4 Å². The molecule has 0 aliphatic heterocycles. The molecule has 0 amide bonds. The minimum atomic E-state index is -0.430. The van der Waals surface area contributed by atoms with Crippen LogP contribution in [0.5, 0.6) is 0 Å². The van der Waals surface area contributed by atoms with Gasteiger partial charge in [-0.1, -0.05) is 159 Å². The molecular formula is C51H37NO. The third-order valence-electron chi connectivity index (χ3n) is 10.7. The lowest BCUT2D eigenvalue weighted by Crippen LogP contribution is -2.16. The van der Waals surface area contributed by atoms with E-state index in [-0.39, 0.29) is 35.3 Å². The highest BCUT2D eigenvalue weighted by molar-refractivity contribution is 6.16. The number of hydrogen-bond donors (Lipinski definition) is 0. The van der Waals surface area contributed by atoms with Crippen LogP contribution in [0, 0.1) is 0 Å². The maximum Gasteiger partial charge on any atom is 0.143 e. The van der Waals surface area contributed by atoms with Gasteiger partial charge in [0.1, 0.15) is 11.2 Å². The number of benzene rings is 8. The van der Waals surface area contributed by atoms with Gasteiger partial charge in [0, 0.05) is 44.4 Å². The fraction of sp³-hybridized carbons (Fsp3) is 0.0588. The Morgan fingerprint density at radius 2 is 1.06 bits per heavy atom. The molecule has 1 heterocycles. The monoisotopic (exact) mass is 684 g/mol. The summed E-state index contributed by atoms with van der Waals surface area (Å²) >= 11 is 0. The summed E-state index contributed by atoms with van der Waals surface area (Å²) in [5, 5.41) is 2.09. The van der Waals surface area contributed by atoms with Crippen LogP contribution in [0.3, 0.4) is 0 Å². The van der Waals surface area contributed by atoms with Crippen molar-refractivity contribution in [1.82, 2.24) is 0 Å². The van der Waals surface area contributed by atoms with Crippen molar-refractivity contribution in [3.63, 3.8) is 0 Å². The third-order valence-corrected chi connectivity index (χ3v) is 10.7. The van der Waals surface area contributed by atoms with Gasteiger partial charge in [-0.25, -0.2) is 0 Å². The van der Waals surface area contributed by atoms with Crippen molar-refractivity contribution in [3.8, 4) is 44.5 Å². The Morgan fingerprint density at radius 1 is 0.472 bits per heavy atom. The SMILES string of the molecule is [2H]c1c([2H])c([2H])c(N(c2ccc(-c3ccccc3)cc2)c2ccc(-c3c4c(cc5c3oc3c(-c6ccccc6)cccc35)-c3ccccc3C4(C)C)cc2)c([2H])c1[2H]. The number of anilines is 3. The quantitative estimate of drug-likeness (QED) is 0.173. The maximum atomic E-state index is 9.01. The highest BCUT2D eigenvalue weighted by Gasteiger charge is 2.39. The fourth-order valence-corrected chi connectivity index (χ4v) is 8.29. The second-order valence-electron chi connectivity index (χ2n) is 14.1. The number of fused-ring (bicyclic) bond motifs is 6. The second-order valence-corrected chi connectivity index (χ2v) is 14.1. The molecule has 0 atom stereocenters. The summed E-state index contributed by atoms with van der Waals surface area (Å²) in [6.45, 7) is 4.55. The summed E-state index contributed by atoms with van der Waals surface area (Å²) in [6, 6.07) is 51.8. The van der Waals surface area contributed by atoms with Gasteiger partial charge >= 0.3 is 0 Å². The number of furan rings is 1. The molecule has 0 saturated carbocycles. The molecule has 1 aliphatic carbocycles. The Kier molecular flexibility index (Phi) is 6.05. The molecule has 252 valence electrons. The maximum absolute atomic E-state index is 9.01. The zero-order valence-corrected chi connectivity index (χ0v) is 29.4. The predicted molar refractivity (Wildman–Crippen MR) is 222 cm³/mol. The lowest BCUT2D eigenvalue weighted by Gasteiger charge is -2.27. The van der Waals surface area contributed by atoms with E-state index in [1.807, 2.05) is 84.9 Å². The highest BCUT2D eigenvalue weighted by atomic mass is 16.3. The average molecular weight is 685 g/mol. The number of nitrogens with zero attached hydrogens (tertiary/aromatic N) is 1. The first-order chi connectivity index (χ1) is 28.1. The van der Waals surface area contributed by atoms with Gasteiger partial charge in [0.2, 0.25) is 0 Å². The minimum absolute atomic E-state index is 0.0801. The van der Waals surface area contributed by atoms with Gasteiger partial charge in [-0.3, -0.25) is 0 Å². The van der Waals surface area contributed by atoms with Gasteiger partial charge in [-0.05, 0) is 86.9 Å². The summed E-state index contributed by atoms with van der Waals surface area (Å²) in [7, 11) is 0. The lowest BCUT2D eigenvalue weighted by molar-refractivity contribution is 0.650. The molecule has 10 rings (SSSR count). The van der Waals surface area contributed by atoms with Crippen molar-refractivity contribution in [2.75, 3.05) is 4.90 Å². The van der Waals surface area contributed by atoms with Crippen LogP contribution in [-0.4, -0.2) is 0 Å². The number of para-hydroxylation sites is 2. The van der Waals surface area contributed by atoms with Crippen LogP contribution in [0.25, 0.3) is 66.4 Å². The van der Waals surface area contributed by atoms with Gasteiger partial charge < -0.3 is 9.32 Å². The van der Waals surface area contributed by atoms with Gasteiger partial charge in [-0.15, -0.1) is 0 Å². The van der Waals surface area contributed by atoms with Crippen LogP contribution in [0.15, 0.2) is 192 Å². The van der Waals surface area contributed by atoms with Crippen LogP contribution in [-0.2, 0) is 5.41 Å². The van der Waals surface area contributed by atoms with E-state index < -0.39 is 6.04 Å².